The molecule has 0 aromatic heterocycles. The molecular formula is C54H99NO5. The molecule has 0 heterocycles. The predicted octanol–water partition coefficient (Wildman–Crippen LogP) is 15.5. The number of carbonyl (C=O) groups excluding carboxylic acids is 2. The first-order valence-corrected chi connectivity index (χ1v) is 25.9. The second-order valence-electron chi connectivity index (χ2n) is 17.6. The topological polar surface area (TPSA) is 95.9 Å². The van der Waals surface area contributed by atoms with E-state index < -0.39 is 18.2 Å². The number of ether oxygens (including phenoxy) is 1. The zero-order chi connectivity index (χ0) is 43.8. The van der Waals surface area contributed by atoms with Crippen LogP contribution in [0.2, 0.25) is 0 Å². The molecule has 0 fully saturated rings. The number of hydrogen-bond donors (Lipinski definition) is 3. The van der Waals surface area contributed by atoms with Crippen LogP contribution in [0.5, 0.6) is 0 Å². The van der Waals surface area contributed by atoms with Crippen LogP contribution in [0.3, 0.4) is 0 Å². The van der Waals surface area contributed by atoms with E-state index in [1.807, 2.05) is 24.3 Å². The van der Waals surface area contributed by atoms with E-state index in [9.17, 15) is 19.8 Å². The maximum Gasteiger partial charge on any atom is 0.306 e. The Hall–Kier alpha value is -2.18. The highest BCUT2D eigenvalue weighted by Crippen LogP contribution is 2.18. The minimum absolute atomic E-state index is 0.0639. The van der Waals surface area contributed by atoms with Gasteiger partial charge in [-0.1, -0.05) is 249 Å². The lowest BCUT2D eigenvalue weighted by atomic mass is 10.0. The van der Waals surface area contributed by atoms with Gasteiger partial charge < -0.3 is 20.3 Å². The molecule has 0 spiro atoms. The van der Waals surface area contributed by atoms with E-state index in [0.29, 0.717) is 19.3 Å². The Kier molecular flexibility index (Phi) is 46.1. The van der Waals surface area contributed by atoms with Crippen molar-refractivity contribution in [3.8, 4) is 0 Å². The molecule has 1 amide bonds. The van der Waals surface area contributed by atoms with E-state index in [0.717, 1.165) is 70.6 Å². The van der Waals surface area contributed by atoms with Crippen LogP contribution >= 0.6 is 0 Å². The van der Waals surface area contributed by atoms with Crippen molar-refractivity contribution in [2.45, 2.75) is 277 Å². The Bertz CT molecular complexity index is 1040. The third-order valence-electron chi connectivity index (χ3n) is 11.8. The summed E-state index contributed by atoms with van der Waals surface area (Å²) in [5.41, 5.74) is 0. The number of esters is 1. The van der Waals surface area contributed by atoms with Gasteiger partial charge in [0, 0.05) is 6.42 Å². The van der Waals surface area contributed by atoms with Crippen LogP contribution in [-0.4, -0.2) is 46.9 Å². The van der Waals surface area contributed by atoms with Crippen molar-refractivity contribution in [1.29, 1.82) is 0 Å². The minimum Gasteiger partial charge on any atom is -0.462 e. The molecule has 0 aromatic carbocycles. The highest BCUT2D eigenvalue weighted by molar-refractivity contribution is 5.77. The van der Waals surface area contributed by atoms with Crippen molar-refractivity contribution < 1.29 is 24.5 Å². The van der Waals surface area contributed by atoms with Gasteiger partial charge in [-0.05, 0) is 44.9 Å². The molecule has 60 heavy (non-hydrogen) atoms. The first-order valence-electron chi connectivity index (χ1n) is 25.9. The van der Waals surface area contributed by atoms with Gasteiger partial charge >= 0.3 is 5.97 Å². The van der Waals surface area contributed by atoms with Crippen molar-refractivity contribution in [3.05, 3.63) is 48.6 Å². The first-order chi connectivity index (χ1) is 29.5. The molecule has 0 saturated carbocycles. The van der Waals surface area contributed by atoms with Crippen LogP contribution in [-0.2, 0) is 14.3 Å². The third-order valence-corrected chi connectivity index (χ3v) is 11.8. The molecule has 0 bridgehead atoms. The van der Waals surface area contributed by atoms with Crippen molar-refractivity contribution in [1.82, 2.24) is 5.32 Å². The molecule has 350 valence electrons. The Morgan fingerprint density at radius 1 is 0.500 bits per heavy atom. The van der Waals surface area contributed by atoms with Gasteiger partial charge in [0.1, 0.15) is 6.10 Å². The molecule has 0 aromatic rings. The van der Waals surface area contributed by atoms with Gasteiger partial charge in [-0.3, -0.25) is 9.59 Å². The van der Waals surface area contributed by atoms with Crippen LogP contribution in [0.1, 0.15) is 258 Å². The summed E-state index contributed by atoms with van der Waals surface area (Å²) < 4.78 is 5.91. The number of aliphatic hydroxyl groups excluding tert-OH is 2. The molecular weight excluding hydrogens is 743 g/mol. The average molecular weight is 842 g/mol. The number of unbranched alkanes of at least 4 members (excludes halogenated alkanes) is 29. The van der Waals surface area contributed by atoms with Crippen LogP contribution in [0.15, 0.2) is 48.6 Å². The summed E-state index contributed by atoms with van der Waals surface area (Å²) in [4.78, 5) is 26.1. The molecule has 3 N–H and O–H groups in total. The first kappa shape index (κ1) is 57.8. The second-order valence-corrected chi connectivity index (χ2v) is 17.6. The zero-order valence-corrected chi connectivity index (χ0v) is 39.8. The van der Waals surface area contributed by atoms with E-state index in [1.165, 1.54) is 141 Å². The quantitative estimate of drug-likeness (QED) is 0.0322. The maximum atomic E-state index is 13.2. The summed E-state index contributed by atoms with van der Waals surface area (Å²) in [6, 6.07) is -0.708. The van der Waals surface area contributed by atoms with E-state index in [-0.39, 0.29) is 24.9 Å². The molecule has 0 aliphatic carbocycles. The number of allylic oxidation sites excluding steroid dienone is 8. The van der Waals surface area contributed by atoms with E-state index in [2.05, 4.69) is 50.4 Å². The van der Waals surface area contributed by atoms with Gasteiger partial charge in [0.2, 0.25) is 5.91 Å². The van der Waals surface area contributed by atoms with E-state index in [4.69, 9.17) is 4.74 Å². The van der Waals surface area contributed by atoms with Gasteiger partial charge in [-0.2, -0.15) is 0 Å². The lowest BCUT2D eigenvalue weighted by Gasteiger charge is -2.24. The Labute approximate surface area is 372 Å². The van der Waals surface area contributed by atoms with Crippen molar-refractivity contribution >= 4 is 11.9 Å². The van der Waals surface area contributed by atoms with Crippen LogP contribution in [0, 0.1) is 0 Å². The normalized spacial score (nSPS) is 13.6. The zero-order valence-electron chi connectivity index (χ0n) is 39.8. The Balaban J connectivity index is 4.55. The predicted molar refractivity (Wildman–Crippen MR) is 259 cm³/mol. The largest absolute Gasteiger partial charge is 0.462 e. The Morgan fingerprint density at radius 3 is 1.35 bits per heavy atom. The SMILES string of the molecule is CC/C=C/C=C/C=C\C=C/CCCCCC(=O)OC(CCCCCCCCCCCCCC)CC(=O)NC(CO)C(O)CCCCCCCCCCCCCCCCCC. The van der Waals surface area contributed by atoms with Gasteiger partial charge in [-0.25, -0.2) is 0 Å². The second kappa shape index (κ2) is 47.9. The fourth-order valence-corrected chi connectivity index (χ4v) is 7.85. The standard InChI is InChI=1S/C54H99NO5/c1-4-7-10-13-16-19-22-25-26-27-29-31-34-37-40-43-46-52(57)51(49-56)55-53(58)48-50(45-42-39-36-33-30-24-21-18-15-12-9-6-3)60-54(59)47-44-41-38-35-32-28-23-20-17-14-11-8-5-2/h8,11,14,17,20,23,28,32,50-52,56-57H,4-7,9-10,12-13,15-16,18-19,21-22,24-27,29-31,33-49H2,1-3H3,(H,55,58)/b11-8+,17-14+,23-20-,32-28-. The maximum absolute atomic E-state index is 13.2. The summed E-state index contributed by atoms with van der Waals surface area (Å²) in [5, 5.41) is 23.8. The van der Waals surface area contributed by atoms with Crippen LogP contribution in [0.4, 0.5) is 0 Å². The molecule has 6 heteroatoms. The highest BCUT2D eigenvalue weighted by atomic mass is 16.5. The number of hydrogen-bond acceptors (Lipinski definition) is 5. The molecule has 3 atom stereocenters. The third kappa shape index (κ3) is 42.5. The summed E-state index contributed by atoms with van der Waals surface area (Å²) in [5.74, 6) is -0.512. The molecule has 0 radical (unpaired) electrons. The van der Waals surface area contributed by atoms with E-state index >= 15 is 0 Å². The average Bonchev–Trinajstić information content (AvgIpc) is 3.24. The van der Waals surface area contributed by atoms with Crippen molar-refractivity contribution in [2.75, 3.05) is 6.61 Å². The number of aliphatic hydroxyl groups is 2. The van der Waals surface area contributed by atoms with Crippen LogP contribution < -0.4 is 5.32 Å². The van der Waals surface area contributed by atoms with E-state index in [1.54, 1.807) is 0 Å². The fourth-order valence-electron chi connectivity index (χ4n) is 7.85. The lowest BCUT2D eigenvalue weighted by Crippen LogP contribution is -2.46. The monoisotopic (exact) mass is 842 g/mol. The summed E-state index contributed by atoms with van der Waals surface area (Å²) in [7, 11) is 0. The van der Waals surface area contributed by atoms with Gasteiger partial charge in [0.15, 0.2) is 0 Å². The lowest BCUT2D eigenvalue weighted by molar-refractivity contribution is -0.151. The van der Waals surface area contributed by atoms with Crippen LogP contribution in [0.25, 0.3) is 0 Å². The van der Waals surface area contributed by atoms with Crippen molar-refractivity contribution in [2.24, 2.45) is 0 Å². The number of nitrogens with one attached hydrogen (secondary N) is 1. The molecule has 0 aliphatic rings. The number of rotatable bonds is 46. The fraction of sp³-hybridized carbons (Fsp3) is 0.815. The molecule has 0 rings (SSSR count). The Morgan fingerprint density at radius 2 is 0.900 bits per heavy atom. The van der Waals surface area contributed by atoms with Gasteiger partial charge in [-0.15, -0.1) is 0 Å². The molecule has 6 nitrogen and oxygen atoms in total. The molecule has 0 aliphatic heterocycles. The van der Waals surface area contributed by atoms with Gasteiger partial charge in [0.25, 0.3) is 0 Å². The van der Waals surface area contributed by atoms with Crippen molar-refractivity contribution in [3.63, 3.8) is 0 Å². The highest BCUT2D eigenvalue weighted by Gasteiger charge is 2.24. The summed E-state index contributed by atoms with van der Waals surface area (Å²) in [6.07, 6.45) is 57.4. The molecule has 3 unspecified atom stereocenters. The minimum atomic E-state index is -0.793. The molecule has 0 saturated heterocycles. The summed E-state index contributed by atoms with van der Waals surface area (Å²) in [6.45, 7) is 6.35. The summed E-state index contributed by atoms with van der Waals surface area (Å²) >= 11 is 0. The van der Waals surface area contributed by atoms with Gasteiger partial charge in [0.05, 0.1) is 25.2 Å². The smallest absolute Gasteiger partial charge is 0.306 e. The number of carbonyl (C=O) groups is 2. The number of amides is 1.